The minimum Gasteiger partial charge on any atom is -0.465 e. The average Bonchev–Trinajstić information content (AvgIpc) is 3.11. The zero-order valence-corrected chi connectivity index (χ0v) is 16.2. The molecular weight excluding hydrogens is 318 g/mol. The Morgan fingerprint density at radius 3 is 2.60 bits per heavy atom. The molecule has 1 N–H and O–H groups in total. The number of carbonyl (C=O) groups excluding carboxylic acids is 1. The van der Waals surface area contributed by atoms with E-state index in [1.165, 1.54) is 6.26 Å². The number of amides is 1. The SMILES string of the molecule is CCN(CC)CCC[C@@H](C)N=C(NC(=O)c1ccco1)OCC(C)C. The molecule has 1 amide bonds. The van der Waals surface area contributed by atoms with Gasteiger partial charge in [-0.3, -0.25) is 10.1 Å². The van der Waals surface area contributed by atoms with Gasteiger partial charge in [0.2, 0.25) is 0 Å². The van der Waals surface area contributed by atoms with E-state index in [2.05, 4.69) is 42.9 Å². The molecule has 1 atom stereocenters. The van der Waals surface area contributed by atoms with E-state index in [1.807, 2.05) is 6.92 Å². The van der Waals surface area contributed by atoms with E-state index >= 15 is 0 Å². The van der Waals surface area contributed by atoms with Gasteiger partial charge in [-0.1, -0.05) is 27.7 Å². The molecule has 0 bridgehead atoms. The molecule has 0 aliphatic rings. The highest BCUT2D eigenvalue weighted by molar-refractivity contribution is 6.02. The topological polar surface area (TPSA) is 67.1 Å². The van der Waals surface area contributed by atoms with E-state index in [9.17, 15) is 4.79 Å². The van der Waals surface area contributed by atoms with Crippen LogP contribution in [0.1, 0.15) is 58.0 Å². The van der Waals surface area contributed by atoms with E-state index in [0.29, 0.717) is 12.5 Å². The highest BCUT2D eigenvalue weighted by Crippen LogP contribution is 2.06. The summed E-state index contributed by atoms with van der Waals surface area (Å²) in [5.41, 5.74) is 0. The quantitative estimate of drug-likeness (QED) is 0.517. The van der Waals surface area contributed by atoms with Gasteiger partial charge >= 0.3 is 0 Å². The monoisotopic (exact) mass is 351 g/mol. The molecule has 142 valence electrons. The molecule has 25 heavy (non-hydrogen) atoms. The highest BCUT2D eigenvalue weighted by Gasteiger charge is 2.14. The van der Waals surface area contributed by atoms with Gasteiger partial charge in [-0.15, -0.1) is 0 Å². The largest absolute Gasteiger partial charge is 0.465 e. The molecule has 1 aromatic heterocycles. The maximum Gasteiger partial charge on any atom is 0.294 e. The first-order valence-corrected chi connectivity index (χ1v) is 9.24. The van der Waals surface area contributed by atoms with Crippen molar-refractivity contribution in [3.63, 3.8) is 0 Å². The number of nitrogens with zero attached hydrogens (tertiary/aromatic N) is 2. The van der Waals surface area contributed by atoms with E-state index in [4.69, 9.17) is 9.15 Å². The molecule has 0 spiro atoms. The Morgan fingerprint density at radius 2 is 2.04 bits per heavy atom. The minimum atomic E-state index is -0.345. The van der Waals surface area contributed by atoms with Gasteiger partial charge in [-0.25, -0.2) is 4.99 Å². The summed E-state index contributed by atoms with van der Waals surface area (Å²) in [4.78, 5) is 19.1. The van der Waals surface area contributed by atoms with Gasteiger partial charge in [0, 0.05) is 0 Å². The number of hydrogen-bond acceptors (Lipinski definition) is 5. The maximum atomic E-state index is 12.2. The standard InChI is InChI=1S/C19H33N3O3/c1-6-22(7-2)12-8-10-16(5)20-19(25-14-15(3)4)21-18(23)17-11-9-13-24-17/h9,11,13,15-16H,6-8,10,12,14H2,1-5H3,(H,20,21,23)/t16-/m1/s1. The number of furan rings is 1. The Kier molecular flexibility index (Phi) is 9.92. The van der Waals surface area contributed by atoms with Gasteiger partial charge in [0.05, 0.1) is 18.9 Å². The van der Waals surface area contributed by atoms with E-state index in [0.717, 1.165) is 32.5 Å². The first-order valence-electron chi connectivity index (χ1n) is 9.24. The van der Waals surface area contributed by atoms with Gasteiger partial charge in [0.15, 0.2) is 5.76 Å². The number of ether oxygens (including phenoxy) is 1. The third kappa shape index (κ3) is 8.72. The third-order valence-electron chi connectivity index (χ3n) is 3.85. The number of rotatable bonds is 10. The lowest BCUT2D eigenvalue weighted by atomic mass is 10.2. The molecule has 1 rings (SSSR count). The molecule has 0 aliphatic carbocycles. The lowest BCUT2D eigenvalue weighted by Gasteiger charge is -2.18. The Hall–Kier alpha value is -1.82. The fourth-order valence-corrected chi connectivity index (χ4v) is 2.33. The Bertz CT molecular complexity index is 508. The van der Waals surface area contributed by atoms with Crippen molar-refractivity contribution < 1.29 is 13.9 Å². The number of amidine groups is 1. The summed E-state index contributed by atoms with van der Waals surface area (Å²) < 4.78 is 10.8. The summed E-state index contributed by atoms with van der Waals surface area (Å²) in [5, 5.41) is 2.71. The summed E-state index contributed by atoms with van der Waals surface area (Å²) in [7, 11) is 0. The molecule has 0 unspecified atom stereocenters. The fraction of sp³-hybridized carbons (Fsp3) is 0.684. The molecular formula is C19H33N3O3. The van der Waals surface area contributed by atoms with Crippen LogP contribution in [0.4, 0.5) is 0 Å². The van der Waals surface area contributed by atoms with Gasteiger partial charge in [-0.2, -0.15) is 0 Å². The first kappa shape index (κ1) is 21.2. The summed E-state index contributed by atoms with van der Waals surface area (Å²) in [6.45, 7) is 14.2. The number of carbonyl (C=O) groups is 1. The Balaban J connectivity index is 2.60. The Morgan fingerprint density at radius 1 is 1.32 bits per heavy atom. The van der Waals surface area contributed by atoms with Crippen molar-refractivity contribution in [2.45, 2.75) is 53.5 Å². The lowest BCUT2D eigenvalue weighted by Crippen LogP contribution is -2.34. The Labute approximate surface area is 151 Å². The molecule has 0 saturated carbocycles. The van der Waals surface area contributed by atoms with Crippen LogP contribution in [0.5, 0.6) is 0 Å². The van der Waals surface area contributed by atoms with Crippen LogP contribution in [0.3, 0.4) is 0 Å². The van der Waals surface area contributed by atoms with Crippen molar-refractivity contribution in [2.24, 2.45) is 10.9 Å². The van der Waals surface area contributed by atoms with Crippen LogP contribution in [0.25, 0.3) is 0 Å². The third-order valence-corrected chi connectivity index (χ3v) is 3.85. The molecule has 6 nitrogen and oxygen atoms in total. The number of hydrogen-bond donors (Lipinski definition) is 1. The van der Waals surface area contributed by atoms with Gasteiger partial charge in [0.1, 0.15) is 0 Å². The van der Waals surface area contributed by atoms with Crippen molar-refractivity contribution in [3.05, 3.63) is 24.2 Å². The van der Waals surface area contributed by atoms with Crippen LogP contribution in [-0.4, -0.2) is 49.1 Å². The second kappa shape index (κ2) is 11.7. The zero-order valence-electron chi connectivity index (χ0n) is 16.2. The van der Waals surface area contributed by atoms with Crippen LogP contribution in [0.2, 0.25) is 0 Å². The number of nitrogens with one attached hydrogen (secondary N) is 1. The maximum absolute atomic E-state index is 12.2. The smallest absolute Gasteiger partial charge is 0.294 e. The summed E-state index contributed by atoms with van der Waals surface area (Å²) in [5.74, 6) is 0.251. The van der Waals surface area contributed by atoms with Crippen LogP contribution >= 0.6 is 0 Å². The molecule has 1 heterocycles. The minimum absolute atomic E-state index is 0.0784. The van der Waals surface area contributed by atoms with Gasteiger partial charge < -0.3 is 14.1 Å². The van der Waals surface area contributed by atoms with Crippen molar-refractivity contribution >= 4 is 11.9 Å². The molecule has 6 heteroatoms. The first-order chi connectivity index (χ1) is 12.0. The van der Waals surface area contributed by atoms with Gasteiger partial charge in [-0.05, 0) is 57.5 Å². The van der Waals surface area contributed by atoms with Crippen LogP contribution in [-0.2, 0) is 4.74 Å². The van der Waals surface area contributed by atoms with Crippen molar-refractivity contribution in [3.8, 4) is 0 Å². The molecule has 0 aromatic carbocycles. The summed E-state index contributed by atoms with van der Waals surface area (Å²) in [6.07, 6.45) is 3.48. The molecule has 0 saturated heterocycles. The zero-order chi connectivity index (χ0) is 18.7. The predicted octanol–water partition coefficient (Wildman–Crippen LogP) is 3.55. The van der Waals surface area contributed by atoms with Gasteiger partial charge in [0.25, 0.3) is 11.9 Å². The summed E-state index contributed by atoms with van der Waals surface area (Å²) >= 11 is 0. The van der Waals surface area contributed by atoms with Crippen LogP contribution in [0.15, 0.2) is 27.8 Å². The van der Waals surface area contributed by atoms with Crippen molar-refractivity contribution in [1.29, 1.82) is 0 Å². The van der Waals surface area contributed by atoms with Crippen molar-refractivity contribution in [2.75, 3.05) is 26.2 Å². The van der Waals surface area contributed by atoms with Crippen LogP contribution < -0.4 is 5.32 Å². The second-order valence-electron chi connectivity index (χ2n) is 6.59. The fourth-order valence-electron chi connectivity index (χ4n) is 2.33. The predicted molar refractivity (Wildman–Crippen MR) is 101 cm³/mol. The van der Waals surface area contributed by atoms with E-state index in [-0.39, 0.29) is 23.7 Å². The summed E-state index contributed by atoms with van der Waals surface area (Å²) in [6, 6.07) is 3.64. The van der Waals surface area contributed by atoms with Crippen LogP contribution in [0, 0.1) is 5.92 Å². The second-order valence-corrected chi connectivity index (χ2v) is 6.59. The number of aliphatic imine (C=N–C) groups is 1. The van der Waals surface area contributed by atoms with E-state index in [1.54, 1.807) is 12.1 Å². The average molecular weight is 351 g/mol. The lowest BCUT2D eigenvalue weighted by molar-refractivity contribution is 0.0935. The molecule has 0 radical (unpaired) electrons. The normalized spacial score (nSPS) is 13.3. The molecule has 0 aliphatic heterocycles. The highest BCUT2D eigenvalue weighted by atomic mass is 16.5. The molecule has 0 fully saturated rings. The van der Waals surface area contributed by atoms with Crippen molar-refractivity contribution in [1.82, 2.24) is 10.2 Å². The molecule has 1 aromatic rings. The van der Waals surface area contributed by atoms with E-state index < -0.39 is 0 Å².